The van der Waals surface area contributed by atoms with Gasteiger partial charge in [-0.1, -0.05) is 263 Å². The average Bonchev–Trinajstić information content (AvgIpc) is 3.39. The van der Waals surface area contributed by atoms with Crippen molar-refractivity contribution in [1.82, 2.24) is 0 Å². The number of carbonyl (C=O) groups excluding carboxylic acids is 3. The standard InChI is InChI=1S/C67H106O6/c1-4-7-10-13-15-17-19-21-23-24-25-26-27-28-29-30-31-32-33-34-35-36-37-38-39-40-41-42-44-45-47-49-51-54-57-60-66(69)72-63-64(62-71-65(68)59-56-53-12-9-6-3)73-67(70)61-58-55-52-50-48-46-43-22-20-18-16-14-11-8-5-2/h7-8,10-11,15-18,21-23,25-26,28-29,31-32,34-35,43,48,50,55,58,64H,4-6,9,12-14,19-20,24,27,30,33,36-42,44-47,49,51-54,56-57,59-63H2,1-3H3/b10-7-,11-8-,17-15-,18-16-,23-21-,26-25-,29-28-,32-31-,35-34-,43-22-,50-48-,58-55-. The largest absolute Gasteiger partial charge is 0.462 e. The van der Waals surface area contributed by atoms with Crippen LogP contribution in [0.3, 0.4) is 0 Å². The molecule has 0 aromatic carbocycles. The lowest BCUT2D eigenvalue weighted by atomic mass is 10.0. The quantitative estimate of drug-likeness (QED) is 0.0261. The van der Waals surface area contributed by atoms with Gasteiger partial charge >= 0.3 is 17.9 Å². The molecule has 0 aromatic heterocycles. The normalized spacial score (nSPS) is 13.2. The number of hydrogen-bond donors (Lipinski definition) is 0. The number of hydrogen-bond acceptors (Lipinski definition) is 6. The van der Waals surface area contributed by atoms with Crippen molar-refractivity contribution in [3.05, 3.63) is 146 Å². The molecule has 6 heteroatoms. The molecule has 0 saturated carbocycles. The summed E-state index contributed by atoms with van der Waals surface area (Å²) in [5.41, 5.74) is 0. The number of rotatable bonds is 51. The van der Waals surface area contributed by atoms with Crippen LogP contribution >= 0.6 is 0 Å². The number of ether oxygens (including phenoxy) is 3. The summed E-state index contributed by atoms with van der Waals surface area (Å²) in [4.78, 5) is 37.7. The Morgan fingerprint density at radius 1 is 0.301 bits per heavy atom. The third-order valence-electron chi connectivity index (χ3n) is 11.9. The third-order valence-corrected chi connectivity index (χ3v) is 11.9. The molecule has 0 fully saturated rings. The first kappa shape index (κ1) is 68.3. The second kappa shape index (κ2) is 59.8. The summed E-state index contributed by atoms with van der Waals surface area (Å²) in [5, 5.41) is 0. The number of allylic oxidation sites excluding steroid dienone is 23. The smallest absolute Gasteiger partial charge is 0.310 e. The Labute approximate surface area is 448 Å². The average molecular weight is 1010 g/mol. The lowest BCUT2D eigenvalue weighted by Crippen LogP contribution is -2.30. The van der Waals surface area contributed by atoms with Crippen molar-refractivity contribution in [2.45, 2.75) is 245 Å². The predicted molar refractivity (Wildman–Crippen MR) is 315 cm³/mol. The molecular formula is C67H106O6. The van der Waals surface area contributed by atoms with Gasteiger partial charge in [-0.3, -0.25) is 14.4 Å². The molecule has 0 amide bonds. The lowest BCUT2D eigenvalue weighted by molar-refractivity contribution is -0.166. The molecule has 0 heterocycles. The van der Waals surface area contributed by atoms with Crippen molar-refractivity contribution in [3.8, 4) is 0 Å². The Morgan fingerprint density at radius 3 is 0.904 bits per heavy atom. The van der Waals surface area contributed by atoms with Crippen molar-refractivity contribution < 1.29 is 28.6 Å². The Kier molecular flexibility index (Phi) is 56.0. The van der Waals surface area contributed by atoms with E-state index in [-0.39, 0.29) is 31.6 Å². The van der Waals surface area contributed by atoms with Crippen LogP contribution in [-0.4, -0.2) is 37.2 Å². The maximum atomic E-state index is 12.7. The van der Waals surface area contributed by atoms with Gasteiger partial charge in [0.2, 0.25) is 0 Å². The number of esters is 3. The Morgan fingerprint density at radius 2 is 0.575 bits per heavy atom. The van der Waals surface area contributed by atoms with Crippen molar-refractivity contribution >= 4 is 17.9 Å². The van der Waals surface area contributed by atoms with Crippen LogP contribution in [0.4, 0.5) is 0 Å². The van der Waals surface area contributed by atoms with Crippen molar-refractivity contribution in [1.29, 1.82) is 0 Å². The summed E-state index contributed by atoms with van der Waals surface area (Å²) >= 11 is 0. The van der Waals surface area contributed by atoms with E-state index in [0.29, 0.717) is 12.8 Å². The first-order valence-electron chi connectivity index (χ1n) is 29.3. The van der Waals surface area contributed by atoms with Gasteiger partial charge in [0.15, 0.2) is 6.10 Å². The third kappa shape index (κ3) is 58.1. The molecule has 0 spiro atoms. The minimum atomic E-state index is -0.832. The van der Waals surface area contributed by atoms with Gasteiger partial charge in [-0.05, 0) is 103 Å². The molecule has 0 bridgehead atoms. The summed E-state index contributed by atoms with van der Waals surface area (Å²) in [6.45, 7) is 6.22. The van der Waals surface area contributed by atoms with Crippen LogP contribution in [0.1, 0.15) is 239 Å². The van der Waals surface area contributed by atoms with Crippen LogP contribution in [0.25, 0.3) is 0 Å². The molecule has 0 N–H and O–H groups in total. The van der Waals surface area contributed by atoms with E-state index in [1.54, 1.807) is 6.08 Å². The van der Waals surface area contributed by atoms with Gasteiger partial charge in [0, 0.05) is 12.8 Å². The molecule has 1 unspecified atom stereocenters. The Balaban J connectivity index is 4.06. The van der Waals surface area contributed by atoms with E-state index in [2.05, 4.69) is 154 Å². The van der Waals surface area contributed by atoms with Gasteiger partial charge in [0.05, 0.1) is 6.42 Å². The summed E-state index contributed by atoms with van der Waals surface area (Å²) in [6.07, 6.45) is 86.4. The summed E-state index contributed by atoms with van der Waals surface area (Å²) < 4.78 is 16.6. The highest BCUT2D eigenvalue weighted by Gasteiger charge is 2.19. The Hall–Kier alpha value is -4.71. The number of carbonyl (C=O) groups is 3. The molecule has 73 heavy (non-hydrogen) atoms. The molecule has 0 aromatic rings. The van der Waals surface area contributed by atoms with E-state index in [1.165, 1.54) is 70.6 Å². The molecule has 6 nitrogen and oxygen atoms in total. The summed E-state index contributed by atoms with van der Waals surface area (Å²) in [5.74, 6) is -1.07. The van der Waals surface area contributed by atoms with E-state index in [9.17, 15) is 14.4 Å². The monoisotopic (exact) mass is 1010 g/mol. The predicted octanol–water partition coefficient (Wildman–Crippen LogP) is 20.0. The van der Waals surface area contributed by atoms with Gasteiger partial charge in [-0.25, -0.2) is 0 Å². The van der Waals surface area contributed by atoms with E-state index in [0.717, 1.165) is 128 Å². The van der Waals surface area contributed by atoms with E-state index < -0.39 is 12.1 Å². The maximum Gasteiger partial charge on any atom is 0.310 e. The maximum absolute atomic E-state index is 12.7. The lowest BCUT2D eigenvalue weighted by Gasteiger charge is -2.18. The van der Waals surface area contributed by atoms with Crippen LogP contribution in [-0.2, 0) is 28.6 Å². The van der Waals surface area contributed by atoms with Crippen LogP contribution in [0.15, 0.2) is 146 Å². The zero-order valence-corrected chi connectivity index (χ0v) is 46.8. The fraction of sp³-hybridized carbons (Fsp3) is 0.597. The minimum absolute atomic E-state index is 0.0929. The molecule has 0 rings (SSSR count). The summed E-state index contributed by atoms with van der Waals surface area (Å²) in [7, 11) is 0. The minimum Gasteiger partial charge on any atom is -0.462 e. The highest BCUT2D eigenvalue weighted by molar-refractivity contribution is 5.72. The topological polar surface area (TPSA) is 78.9 Å². The second-order valence-corrected chi connectivity index (χ2v) is 18.8. The second-order valence-electron chi connectivity index (χ2n) is 18.8. The van der Waals surface area contributed by atoms with Gasteiger partial charge in [0.1, 0.15) is 13.2 Å². The van der Waals surface area contributed by atoms with Crippen LogP contribution in [0, 0.1) is 0 Å². The fourth-order valence-electron chi connectivity index (χ4n) is 7.56. The van der Waals surface area contributed by atoms with E-state index in [1.807, 2.05) is 6.08 Å². The molecule has 0 aliphatic carbocycles. The van der Waals surface area contributed by atoms with Gasteiger partial charge in [0.25, 0.3) is 0 Å². The van der Waals surface area contributed by atoms with Gasteiger partial charge in [-0.15, -0.1) is 0 Å². The summed E-state index contributed by atoms with van der Waals surface area (Å²) in [6, 6.07) is 0. The van der Waals surface area contributed by atoms with Gasteiger partial charge in [-0.2, -0.15) is 0 Å². The van der Waals surface area contributed by atoms with Crippen LogP contribution in [0.2, 0.25) is 0 Å². The van der Waals surface area contributed by atoms with E-state index >= 15 is 0 Å². The first-order chi connectivity index (χ1) is 36.0. The van der Waals surface area contributed by atoms with Crippen molar-refractivity contribution in [3.63, 3.8) is 0 Å². The zero-order chi connectivity index (χ0) is 52.9. The zero-order valence-electron chi connectivity index (χ0n) is 46.8. The van der Waals surface area contributed by atoms with Crippen LogP contribution in [0.5, 0.6) is 0 Å². The van der Waals surface area contributed by atoms with E-state index in [4.69, 9.17) is 14.2 Å². The van der Waals surface area contributed by atoms with Crippen LogP contribution < -0.4 is 0 Å². The van der Waals surface area contributed by atoms with Crippen molar-refractivity contribution in [2.75, 3.05) is 13.2 Å². The van der Waals surface area contributed by atoms with Gasteiger partial charge < -0.3 is 14.2 Å². The highest BCUT2D eigenvalue weighted by atomic mass is 16.6. The SMILES string of the molecule is CC/C=C\C/C=C\C/C=C\C/C=C\C/C=C\C/C=C\C/C=C\CCCCCCCCCCCCCCCC(=O)OCC(COC(=O)CCCCCCC)OC(=O)C/C=C\C/C=C\C/C=C\C/C=C\C/C=C\CC. The van der Waals surface area contributed by atoms with Crippen molar-refractivity contribution in [2.24, 2.45) is 0 Å². The highest BCUT2D eigenvalue weighted by Crippen LogP contribution is 2.15. The Bertz CT molecular complexity index is 1630. The fourth-order valence-corrected chi connectivity index (χ4v) is 7.56. The molecular weight excluding hydrogens is 901 g/mol. The molecule has 0 radical (unpaired) electrons. The molecule has 0 aliphatic rings. The first-order valence-corrected chi connectivity index (χ1v) is 29.3. The molecule has 410 valence electrons. The number of unbranched alkanes of at least 4 members (excludes halogenated alkanes) is 17. The molecule has 0 aliphatic heterocycles. The molecule has 0 saturated heterocycles. The molecule has 1 atom stereocenters.